The van der Waals surface area contributed by atoms with Gasteiger partial charge >= 0.3 is 0 Å². The molecule has 0 unspecified atom stereocenters. The van der Waals surface area contributed by atoms with E-state index in [0.29, 0.717) is 34.3 Å². The molecule has 0 radical (unpaired) electrons. The molecule has 0 aliphatic heterocycles. The van der Waals surface area contributed by atoms with E-state index in [4.69, 9.17) is 14.2 Å². The molecule has 2 aromatic heterocycles. The molecule has 1 amide bonds. The van der Waals surface area contributed by atoms with Crippen LogP contribution in [0.2, 0.25) is 0 Å². The van der Waals surface area contributed by atoms with Crippen LogP contribution in [-0.2, 0) is 0 Å². The summed E-state index contributed by atoms with van der Waals surface area (Å²) in [5.74, 6) is 1.34. The van der Waals surface area contributed by atoms with Gasteiger partial charge in [0.1, 0.15) is 5.82 Å². The highest BCUT2D eigenvalue weighted by molar-refractivity contribution is 6.05. The third-order valence-electron chi connectivity index (χ3n) is 4.60. The van der Waals surface area contributed by atoms with Gasteiger partial charge < -0.3 is 19.5 Å². The Morgan fingerprint density at radius 2 is 1.63 bits per heavy atom. The molecule has 0 fully saturated rings. The van der Waals surface area contributed by atoms with Gasteiger partial charge in [-0.3, -0.25) is 4.79 Å². The first-order valence-electron chi connectivity index (χ1n) is 9.16. The molecular formula is C22H20N4O4. The van der Waals surface area contributed by atoms with Crippen LogP contribution >= 0.6 is 0 Å². The second-order valence-electron chi connectivity index (χ2n) is 6.36. The quantitative estimate of drug-likeness (QED) is 0.528. The van der Waals surface area contributed by atoms with E-state index in [2.05, 4.69) is 15.4 Å². The van der Waals surface area contributed by atoms with Crippen LogP contribution in [0.15, 0.2) is 60.8 Å². The second-order valence-corrected chi connectivity index (χ2v) is 6.36. The zero-order chi connectivity index (χ0) is 21.1. The average molecular weight is 404 g/mol. The highest BCUT2D eigenvalue weighted by atomic mass is 16.5. The predicted molar refractivity (Wildman–Crippen MR) is 112 cm³/mol. The van der Waals surface area contributed by atoms with Crippen LogP contribution in [0.25, 0.3) is 16.9 Å². The fourth-order valence-corrected chi connectivity index (χ4v) is 3.16. The van der Waals surface area contributed by atoms with Gasteiger partial charge in [-0.2, -0.15) is 9.61 Å². The van der Waals surface area contributed by atoms with E-state index in [0.717, 1.165) is 11.3 Å². The highest BCUT2D eigenvalue weighted by Crippen LogP contribution is 2.38. The lowest BCUT2D eigenvalue weighted by Gasteiger charge is -2.14. The van der Waals surface area contributed by atoms with Gasteiger partial charge in [-0.25, -0.2) is 4.98 Å². The lowest BCUT2D eigenvalue weighted by Crippen LogP contribution is -2.16. The lowest BCUT2D eigenvalue weighted by molar-refractivity contribution is 0.102. The van der Waals surface area contributed by atoms with Gasteiger partial charge in [-0.05, 0) is 12.1 Å². The summed E-state index contributed by atoms with van der Waals surface area (Å²) in [6.45, 7) is 0. The minimum Gasteiger partial charge on any atom is -0.493 e. The summed E-state index contributed by atoms with van der Waals surface area (Å²) in [7, 11) is 4.51. The number of methoxy groups -OCH3 is 3. The summed E-state index contributed by atoms with van der Waals surface area (Å²) in [5.41, 5.74) is 2.63. The summed E-state index contributed by atoms with van der Waals surface area (Å²) >= 11 is 0. The summed E-state index contributed by atoms with van der Waals surface area (Å²) in [5, 5.41) is 7.17. The fourth-order valence-electron chi connectivity index (χ4n) is 3.16. The molecule has 152 valence electrons. The molecule has 0 bridgehead atoms. The van der Waals surface area contributed by atoms with Gasteiger partial charge in [-0.1, -0.05) is 30.3 Å². The number of amides is 1. The van der Waals surface area contributed by atoms with Crippen LogP contribution < -0.4 is 19.5 Å². The first kappa shape index (κ1) is 19.3. The number of nitrogens with one attached hydrogen (secondary N) is 1. The fraction of sp³-hybridized carbons (Fsp3) is 0.136. The highest BCUT2D eigenvalue weighted by Gasteiger charge is 2.18. The van der Waals surface area contributed by atoms with Crippen LogP contribution in [0, 0.1) is 0 Å². The molecule has 1 N–H and O–H groups in total. The number of rotatable bonds is 6. The van der Waals surface area contributed by atoms with E-state index in [9.17, 15) is 4.79 Å². The first-order valence-corrected chi connectivity index (χ1v) is 9.16. The number of carbonyl (C=O) groups is 1. The average Bonchev–Trinajstić information content (AvgIpc) is 3.27. The normalized spacial score (nSPS) is 10.6. The van der Waals surface area contributed by atoms with Gasteiger partial charge in [0, 0.05) is 23.3 Å². The number of anilines is 1. The number of hydrogen-bond acceptors (Lipinski definition) is 6. The third-order valence-corrected chi connectivity index (χ3v) is 4.60. The Morgan fingerprint density at radius 1 is 0.933 bits per heavy atom. The monoisotopic (exact) mass is 404 g/mol. The van der Waals surface area contributed by atoms with Gasteiger partial charge in [0.2, 0.25) is 5.75 Å². The van der Waals surface area contributed by atoms with E-state index >= 15 is 0 Å². The summed E-state index contributed by atoms with van der Waals surface area (Å²) in [6, 6.07) is 16.5. The molecule has 0 saturated carbocycles. The lowest BCUT2D eigenvalue weighted by atomic mass is 10.1. The number of nitrogens with zero attached hydrogens (tertiary/aromatic N) is 3. The molecule has 4 rings (SSSR count). The molecule has 0 saturated heterocycles. The van der Waals surface area contributed by atoms with E-state index in [1.165, 1.54) is 21.3 Å². The van der Waals surface area contributed by atoms with Crippen molar-refractivity contribution in [3.05, 3.63) is 66.4 Å². The molecule has 8 nitrogen and oxygen atoms in total. The van der Waals surface area contributed by atoms with E-state index in [1.807, 2.05) is 30.3 Å². The maximum absolute atomic E-state index is 13.0. The van der Waals surface area contributed by atoms with Crippen LogP contribution in [0.4, 0.5) is 5.82 Å². The minimum absolute atomic E-state index is 0.350. The number of aromatic nitrogens is 3. The van der Waals surface area contributed by atoms with Gasteiger partial charge in [0.05, 0.1) is 33.2 Å². The van der Waals surface area contributed by atoms with Crippen LogP contribution in [0.1, 0.15) is 10.4 Å². The second kappa shape index (κ2) is 8.12. The van der Waals surface area contributed by atoms with E-state index in [1.54, 1.807) is 35.0 Å². The van der Waals surface area contributed by atoms with Crippen LogP contribution in [0.5, 0.6) is 17.2 Å². The number of hydrogen-bond donors (Lipinski definition) is 1. The van der Waals surface area contributed by atoms with Crippen molar-refractivity contribution in [2.75, 3.05) is 26.6 Å². The van der Waals surface area contributed by atoms with Crippen molar-refractivity contribution < 1.29 is 19.0 Å². The number of ether oxygens (including phenoxy) is 3. The Balaban J connectivity index is 1.74. The molecule has 2 aromatic carbocycles. The zero-order valence-corrected chi connectivity index (χ0v) is 16.7. The van der Waals surface area contributed by atoms with E-state index in [-0.39, 0.29) is 5.91 Å². The molecular weight excluding hydrogens is 384 g/mol. The Hall–Kier alpha value is -4.07. The first-order chi connectivity index (χ1) is 14.6. The van der Waals surface area contributed by atoms with Crippen LogP contribution in [0.3, 0.4) is 0 Å². The molecule has 0 aliphatic rings. The summed E-state index contributed by atoms with van der Waals surface area (Å²) < 4.78 is 17.6. The Bertz CT molecular complexity index is 1180. The van der Waals surface area contributed by atoms with E-state index < -0.39 is 0 Å². The number of benzene rings is 2. The van der Waals surface area contributed by atoms with Crippen molar-refractivity contribution in [1.82, 2.24) is 14.6 Å². The molecule has 2 heterocycles. The molecule has 0 spiro atoms. The van der Waals surface area contributed by atoms with Crippen molar-refractivity contribution in [2.24, 2.45) is 0 Å². The maximum atomic E-state index is 13.0. The number of carbonyl (C=O) groups excluding carboxylic acids is 1. The van der Waals surface area contributed by atoms with Crippen molar-refractivity contribution in [1.29, 1.82) is 0 Å². The Labute approximate surface area is 173 Å². The van der Waals surface area contributed by atoms with Crippen LogP contribution in [-0.4, -0.2) is 41.8 Å². The van der Waals surface area contributed by atoms with Gasteiger partial charge in [-0.15, -0.1) is 0 Å². The largest absolute Gasteiger partial charge is 0.493 e. The van der Waals surface area contributed by atoms with Gasteiger partial charge in [0.15, 0.2) is 17.1 Å². The third kappa shape index (κ3) is 3.50. The Morgan fingerprint density at radius 3 is 2.27 bits per heavy atom. The Kier molecular flexibility index (Phi) is 5.21. The smallest absolute Gasteiger partial charge is 0.257 e. The van der Waals surface area contributed by atoms with Crippen molar-refractivity contribution in [3.8, 4) is 28.5 Å². The van der Waals surface area contributed by atoms with Crippen molar-refractivity contribution >= 4 is 17.4 Å². The molecule has 30 heavy (non-hydrogen) atoms. The SMILES string of the molecule is COc1cc(C(=O)Nc2cc(-c3ccccc3)nc3ccnn23)cc(OC)c1OC. The van der Waals surface area contributed by atoms with Gasteiger partial charge in [0.25, 0.3) is 5.91 Å². The molecule has 0 aliphatic carbocycles. The molecule has 8 heteroatoms. The minimum atomic E-state index is -0.351. The predicted octanol–water partition coefficient (Wildman–Crippen LogP) is 3.67. The molecule has 0 atom stereocenters. The van der Waals surface area contributed by atoms with Crippen molar-refractivity contribution in [3.63, 3.8) is 0 Å². The maximum Gasteiger partial charge on any atom is 0.257 e. The zero-order valence-electron chi connectivity index (χ0n) is 16.7. The molecule has 4 aromatic rings. The van der Waals surface area contributed by atoms with Crippen molar-refractivity contribution in [2.45, 2.75) is 0 Å². The summed E-state index contributed by atoms with van der Waals surface area (Å²) in [6.07, 6.45) is 1.63. The number of fused-ring (bicyclic) bond motifs is 1. The summed E-state index contributed by atoms with van der Waals surface area (Å²) in [4.78, 5) is 17.7. The topological polar surface area (TPSA) is 87.0 Å². The standard InChI is InChI=1S/C22H20N4O4/c1-28-17-11-15(12-18(29-2)21(17)30-3)22(27)25-20-13-16(14-7-5-4-6-8-14)24-19-9-10-23-26(19)20/h4-13H,1-3H3,(H,25,27).